The summed E-state index contributed by atoms with van der Waals surface area (Å²) in [4.78, 5) is 15.6. The molecule has 2 saturated heterocycles. The zero-order valence-corrected chi connectivity index (χ0v) is 11.4. The molecule has 2 aliphatic heterocycles. The van der Waals surface area contributed by atoms with Crippen molar-refractivity contribution in [3.05, 3.63) is 0 Å². The predicted molar refractivity (Wildman–Crippen MR) is 70.0 cm³/mol. The molecule has 100 valence electrons. The van der Waals surface area contributed by atoms with E-state index in [9.17, 15) is 4.79 Å². The molecule has 2 heterocycles. The normalized spacial score (nSPS) is 21.9. The van der Waals surface area contributed by atoms with Gasteiger partial charge in [-0.1, -0.05) is 5.92 Å². The molecule has 2 aliphatic rings. The second kappa shape index (κ2) is 5.73. The molecular formula is C14H22N2O2. The highest BCUT2D eigenvalue weighted by molar-refractivity contribution is 5.93. The van der Waals surface area contributed by atoms with Gasteiger partial charge in [0.1, 0.15) is 0 Å². The van der Waals surface area contributed by atoms with Crippen LogP contribution in [0, 0.1) is 17.3 Å². The van der Waals surface area contributed by atoms with Crippen LogP contribution in [-0.2, 0) is 9.53 Å². The molecule has 1 spiro atoms. The quantitative estimate of drug-likeness (QED) is 0.687. The highest BCUT2D eigenvalue weighted by atomic mass is 16.5. The van der Waals surface area contributed by atoms with Crippen LogP contribution < -0.4 is 0 Å². The van der Waals surface area contributed by atoms with Gasteiger partial charge in [-0.05, 0) is 25.7 Å². The summed E-state index contributed by atoms with van der Waals surface area (Å²) in [6, 6.07) is 0. The minimum absolute atomic E-state index is 0.0844. The van der Waals surface area contributed by atoms with Crippen molar-refractivity contribution in [3.8, 4) is 11.8 Å². The Labute approximate surface area is 109 Å². The van der Waals surface area contributed by atoms with Crippen LogP contribution in [-0.4, -0.2) is 62.1 Å². The first-order chi connectivity index (χ1) is 8.65. The van der Waals surface area contributed by atoms with E-state index in [0.29, 0.717) is 5.41 Å². The van der Waals surface area contributed by atoms with Gasteiger partial charge in [0.15, 0.2) is 0 Å². The van der Waals surface area contributed by atoms with Crippen molar-refractivity contribution in [1.82, 2.24) is 9.80 Å². The summed E-state index contributed by atoms with van der Waals surface area (Å²) < 4.78 is 5.41. The number of amides is 1. The van der Waals surface area contributed by atoms with E-state index in [0.717, 1.165) is 39.4 Å². The van der Waals surface area contributed by atoms with E-state index < -0.39 is 0 Å². The van der Waals surface area contributed by atoms with Gasteiger partial charge in [0.2, 0.25) is 0 Å². The van der Waals surface area contributed by atoms with Crippen molar-refractivity contribution >= 4 is 5.91 Å². The third kappa shape index (κ3) is 3.04. The fourth-order valence-corrected chi connectivity index (χ4v) is 2.78. The van der Waals surface area contributed by atoms with E-state index in [1.165, 1.54) is 12.8 Å². The molecule has 18 heavy (non-hydrogen) atoms. The molecule has 0 radical (unpaired) electrons. The molecule has 0 atom stereocenters. The minimum atomic E-state index is -0.0844. The van der Waals surface area contributed by atoms with Crippen LogP contribution >= 0.6 is 0 Å². The lowest BCUT2D eigenvalue weighted by Gasteiger charge is -2.52. The molecule has 0 aromatic carbocycles. The molecule has 2 rings (SSSR count). The monoisotopic (exact) mass is 250 g/mol. The summed E-state index contributed by atoms with van der Waals surface area (Å²) in [5.41, 5.74) is 0.518. The first-order valence-electron chi connectivity index (χ1n) is 6.63. The molecule has 0 bridgehead atoms. The van der Waals surface area contributed by atoms with Crippen molar-refractivity contribution in [1.29, 1.82) is 0 Å². The molecule has 0 aliphatic carbocycles. The van der Waals surface area contributed by atoms with Gasteiger partial charge in [0.25, 0.3) is 5.91 Å². The second-order valence-corrected chi connectivity index (χ2v) is 5.42. The lowest BCUT2D eigenvalue weighted by Crippen LogP contribution is -2.59. The van der Waals surface area contributed by atoms with Crippen LogP contribution in [0.1, 0.15) is 19.8 Å². The van der Waals surface area contributed by atoms with Gasteiger partial charge in [-0.2, -0.15) is 0 Å². The van der Waals surface area contributed by atoms with Crippen molar-refractivity contribution in [3.63, 3.8) is 0 Å². The van der Waals surface area contributed by atoms with Crippen LogP contribution in [0.3, 0.4) is 0 Å². The highest BCUT2D eigenvalue weighted by Gasteiger charge is 2.43. The van der Waals surface area contributed by atoms with E-state index in [1.54, 1.807) is 11.8 Å². The van der Waals surface area contributed by atoms with Gasteiger partial charge < -0.3 is 14.5 Å². The third-order valence-corrected chi connectivity index (χ3v) is 4.00. The molecule has 2 fully saturated rings. The Morgan fingerprint density at radius 2 is 2.06 bits per heavy atom. The van der Waals surface area contributed by atoms with Gasteiger partial charge in [-0.15, -0.1) is 0 Å². The summed E-state index contributed by atoms with van der Waals surface area (Å²) in [5, 5.41) is 0. The highest BCUT2D eigenvalue weighted by Crippen LogP contribution is 2.39. The number of ether oxygens (including phenoxy) is 1. The van der Waals surface area contributed by atoms with E-state index in [2.05, 4.69) is 16.7 Å². The average molecular weight is 250 g/mol. The SMILES string of the molecule is CC#CC(=O)N(C)CCN1CC2(CCOCC2)C1. The Kier molecular flexibility index (Phi) is 4.26. The van der Waals surface area contributed by atoms with E-state index in [4.69, 9.17) is 4.74 Å². The molecule has 4 nitrogen and oxygen atoms in total. The van der Waals surface area contributed by atoms with Crippen molar-refractivity contribution in [2.24, 2.45) is 5.41 Å². The van der Waals surface area contributed by atoms with Crippen LogP contribution in [0.5, 0.6) is 0 Å². The number of carbonyl (C=O) groups excluding carboxylic acids is 1. The van der Waals surface area contributed by atoms with E-state index >= 15 is 0 Å². The number of nitrogens with zero attached hydrogens (tertiary/aromatic N) is 2. The van der Waals surface area contributed by atoms with Crippen LogP contribution in [0.2, 0.25) is 0 Å². The molecule has 1 amide bonds. The zero-order chi connectivity index (χ0) is 13.0. The molecular weight excluding hydrogens is 228 g/mol. The predicted octanol–water partition coefficient (Wildman–Crippen LogP) is 0.580. The minimum Gasteiger partial charge on any atom is -0.381 e. The van der Waals surface area contributed by atoms with Crippen LogP contribution in [0.4, 0.5) is 0 Å². The average Bonchev–Trinajstić information content (AvgIpc) is 2.34. The largest absolute Gasteiger partial charge is 0.381 e. The molecule has 4 heteroatoms. The van der Waals surface area contributed by atoms with E-state index in [1.807, 2.05) is 7.05 Å². The topological polar surface area (TPSA) is 32.8 Å². The van der Waals surface area contributed by atoms with Gasteiger partial charge >= 0.3 is 0 Å². The van der Waals surface area contributed by atoms with Crippen molar-refractivity contribution < 1.29 is 9.53 Å². The Bertz CT molecular complexity index is 356. The lowest BCUT2D eigenvalue weighted by atomic mass is 9.73. The Morgan fingerprint density at radius 3 is 2.67 bits per heavy atom. The van der Waals surface area contributed by atoms with Crippen LogP contribution in [0.15, 0.2) is 0 Å². The van der Waals surface area contributed by atoms with Crippen LogP contribution in [0.25, 0.3) is 0 Å². The van der Waals surface area contributed by atoms with E-state index in [-0.39, 0.29) is 5.91 Å². The molecule has 0 N–H and O–H groups in total. The maximum absolute atomic E-state index is 11.5. The number of hydrogen-bond donors (Lipinski definition) is 0. The summed E-state index contributed by atoms with van der Waals surface area (Å²) in [5.74, 6) is 5.12. The third-order valence-electron chi connectivity index (χ3n) is 4.00. The summed E-state index contributed by atoms with van der Waals surface area (Å²) in [6.07, 6.45) is 2.39. The van der Waals surface area contributed by atoms with Gasteiger partial charge in [-0.3, -0.25) is 4.79 Å². The molecule has 0 aromatic rings. The number of likely N-dealkylation sites (tertiary alicyclic amines) is 1. The molecule has 0 saturated carbocycles. The second-order valence-electron chi connectivity index (χ2n) is 5.42. The smallest absolute Gasteiger partial charge is 0.298 e. The molecule has 0 unspecified atom stereocenters. The fourth-order valence-electron chi connectivity index (χ4n) is 2.78. The molecule has 0 aromatic heterocycles. The summed E-state index contributed by atoms with van der Waals surface area (Å²) >= 11 is 0. The summed E-state index contributed by atoms with van der Waals surface area (Å²) in [6.45, 7) is 7.57. The standard InChI is InChI=1S/C14H22N2O2/c1-3-4-13(17)15(2)7-8-16-11-14(12-16)5-9-18-10-6-14/h5-12H2,1-2H3. The summed E-state index contributed by atoms with van der Waals surface area (Å²) in [7, 11) is 1.82. The Balaban J connectivity index is 1.67. The first kappa shape index (κ1) is 13.4. The number of hydrogen-bond acceptors (Lipinski definition) is 3. The number of carbonyl (C=O) groups is 1. The first-order valence-corrected chi connectivity index (χ1v) is 6.63. The van der Waals surface area contributed by atoms with Gasteiger partial charge in [0.05, 0.1) is 0 Å². The fraction of sp³-hybridized carbons (Fsp3) is 0.786. The Hall–Kier alpha value is -1.05. The zero-order valence-electron chi connectivity index (χ0n) is 11.4. The number of likely N-dealkylation sites (N-methyl/N-ethyl adjacent to an activating group) is 1. The number of rotatable bonds is 3. The lowest BCUT2D eigenvalue weighted by molar-refractivity contribution is -0.125. The van der Waals surface area contributed by atoms with Crippen molar-refractivity contribution in [2.75, 3.05) is 46.4 Å². The van der Waals surface area contributed by atoms with Gasteiger partial charge in [0, 0.05) is 51.9 Å². The Morgan fingerprint density at radius 1 is 1.39 bits per heavy atom. The maximum Gasteiger partial charge on any atom is 0.298 e. The van der Waals surface area contributed by atoms with Gasteiger partial charge in [-0.25, -0.2) is 0 Å². The van der Waals surface area contributed by atoms with Crippen molar-refractivity contribution in [2.45, 2.75) is 19.8 Å². The maximum atomic E-state index is 11.5.